The van der Waals surface area contributed by atoms with Crippen LogP contribution in [0.2, 0.25) is 0 Å². The van der Waals surface area contributed by atoms with Gasteiger partial charge in [-0.1, -0.05) is 24.3 Å². The van der Waals surface area contributed by atoms with Crippen molar-refractivity contribution < 1.29 is 9.90 Å². The number of benzene rings is 1. The Balaban J connectivity index is 2.82. The Bertz CT molecular complexity index is 417. The summed E-state index contributed by atoms with van der Waals surface area (Å²) in [7, 11) is 0. The second-order valence-corrected chi connectivity index (χ2v) is 3.27. The van der Waals surface area contributed by atoms with Gasteiger partial charge in [0.2, 0.25) is 0 Å². The van der Waals surface area contributed by atoms with E-state index in [1.807, 2.05) is 6.07 Å². The van der Waals surface area contributed by atoms with Crippen LogP contribution in [0.5, 0.6) is 0 Å². The summed E-state index contributed by atoms with van der Waals surface area (Å²) < 4.78 is 0. The highest BCUT2D eigenvalue weighted by Crippen LogP contribution is 2.19. The van der Waals surface area contributed by atoms with Gasteiger partial charge in [-0.15, -0.1) is 11.6 Å². The second kappa shape index (κ2) is 5.18. The summed E-state index contributed by atoms with van der Waals surface area (Å²) in [6.07, 6.45) is 2.53. The standard InChI is InChI=1S/C11H8ClNO2/c12-10(7-13)9-4-1-8(2-5-9)3-6-11(14)15/h1-6,10H,(H,14,15)/b6-3+. The monoisotopic (exact) mass is 221 g/mol. The minimum Gasteiger partial charge on any atom is -0.478 e. The summed E-state index contributed by atoms with van der Waals surface area (Å²) in [4.78, 5) is 10.2. The molecule has 76 valence electrons. The Morgan fingerprint density at radius 3 is 2.53 bits per heavy atom. The summed E-state index contributed by atoms with van der Waals surface area (Å²) in [5.74, 6) is -0.994. The molecule has 1 aromatic rings. The fraction of sp³-hybridized carbons (Fsp3) is 0.0909. The molecule has 0 bridgehead atoms. The first-order valence-electron chi connectivity index (χ1n) is 4.18. The Morgan fingerprint density at radius 2 is 2.07 bits per heavy atom. The van der Waals surface area contributed by atoms with Crippen molar-refractivity contribution in [2.24, 2.45) is 0 Å². The highest BCUT2D eigenvalue weighted by Gasteiger charge is 2.04. The molecule has 0 saturated heterocycles. The van der Waals surface area contributed by atoms with Gasteiger partial charge in [-0.25, -0.2) is 4.79 Å². The van der Waals surface area contributed by atoms with Crippen molar-refractivity contribution in [3.63, 3.8) is 0 Å². The maximum atomic E-state index is 10.2. The molecule has 1 atom stereocenters. The average Bonchev–Trinajstić information content (AvgIpc) is 2.26. The number of rotatable bonds is 3. The minimum atomic E-state index is -0.994. The predicted octanol–water partition coefficient (Wildman–Crippen LogP) is 2.59. The van der Waals surface area contributed by atoms with E-state index in [9.17, 15) is 4.79 Å². The van der Waals surface area contributed by atoms with Crippen LogP contribution in [0.1, 0.15) is 16.5 Å². The molecule has 1 rings (SSSR count). The molecular weight excluding hydrogens is 214 g/mol. The zero-order valence-electron chi connectivity index (χ0n) is 7.72. The van der Waals surface area contributed by atoms with Gasteiger partial charge in [0.1, 0.15) is 5.38 Å². The predicted molar refractivity (Wildman–Crippen MR) is 57.3 cm³/mol. The third-order valence-corrected chi connectivity index (χ3v) is 2.11. The van der Waals surface area contributed by atoms with Gasteiger partial charge in [0.15, 0.2) is 0 Å². The van der Waals surface area contributed by atoms with Crippen LogP contribution in [0, 0.1) is 11.3 Å². The van der Waals surface area contributed by atoms with Crippen LogP contribution >= 0.6 is 11.6 Å². The van der Waals surface area contributed by atoms with E-state index in [2.05, 4.69) is 0 Å². The van der Waals surface area contributed by atoms with Gasteiger partial charge in [-0.05, 0) is 17.2 Å². The largest absolute Gasteiger partial charge is 0.478 e. The molecule has 0 amide bonds. The van der Waals surface area contributed by atoms with Crippen molar-refractivity contribution in [2.75, 3.05) is 0 Å². The van der Waals surface area contributed by atoms with Gasteiger partial charge in [-0.3, -0.25) is 0 Å². The fourth-order valence-corrected chi connectivity index (χ4v) is 1.16. The number of hydrogen-bond acceptors (Lipinski definition) is 2. The zero-order valence-corrected chi connectivity index (χ0v) is 8.48. The summed E-state index contributed by atoms with van der Waals surface area (Å²) in [6.45, 7) is 0. The highest BCUT2D eigenvalue weighted by atomic mass is 35.5. The molecule has 0 radical (unpaired) electrons. The van der Waals surface area contributed by atoms with Crippen molar-refractivity contribution in [3.05, 3.63) is 41.5 Å². The van der Waals surface area contributed by atoms with Crippen LogP contribution in [0.25, 0.3) is 6.08 Å². The van der Waals surface area contributed by atoms with Crippen molar-refractivity contribution in [3.8, 4) is 6.07 Å². The van der Waals surface area contributed by atoms with Gasteiger partial charge in [-0.2, -0.15) is 5.26 Å². The Hall–Kier alpha value is -1.79. The number of alkyl halides is 1. The lowest BCUT2D eigenvalue weighted by Crippen LogP contribution is -1.87. The number of hydrogen-bond donors (Lipinski definition) is 1. The molecule has 15 heavy (non-hydrogen) atoms. The molecule has 0 aliphatic carbocycles. The summed E-state index contributed by atoms with van der Waals surface area (Å²) in [5, 5.41) is 16.3. The first-order valence-corrected chi connectivity index (χ1v) is 4.62. The number of nitrogens with zero attached hydrogens (tertiary/aromatic N) is 1. The molecule has 0 spiro atoms. The Kier molecular flexibility index (Phi) is 3.90. The van der Waals surface area contributed by atoms with E-state index in [0.29, 0.717) is 5.56 Å². The Labute approximate surface area is 92.2 Å². The van der Waals surface area contributed by atoms with E-state index in [1.54, 1.807) is 24.3 Å². The quantitative estimate of drug-likeness (QED) is 0.630. The molecule has 1 N–H and O–H groups in total. The lowest BCUT2D eigenvalue weighted by Gasteiger charge is -2.00. The summed E-state index contributed by atoms with van der Waals surface area (Å²) >= 11 is 5.70. The summed E-state index contributed by atoms with van der Waals surface area (Å²) in [6, 6.07) is 8.72. The molecular formula is C11H8ClNO2. The van der Waals surface area contributed by atoms with E-state index in [-0.39, 0.29) is 0 Å². The fourth-order valence-electron chi connectivity index (χ4n) is 1.02. The first-order chi connectivity index (χ1) is 7.13. The highest BCUT2D eigenvalue weighted by molar-refractivity contribution is 6.22. The van der Waals surface area contributed by atoms with Crippen LogP contribution in [0.4, 0.5) is 0 Å². The molecule has 1 aromatic carbocycles. The Morgan fingerprint density at radius 1 is 1.47 bits per heavy atom. The van der Waals surface area contributed by atoms with Gasteiger partial charge in [0.05, 0.1) is 6.07 Å². The van der Waals surface area contributed by atoms with E-state index in [1.165, 1.54) is 6.08 Å². The van der Waals surface area contributed by atoms with Crippen molar-refractivity contribution in [1.29, 1.82) is 5.26 Å². The maximum Gasteiger partial charge on any atom is 0.328 e. The maximum absolute atomic E-state index is 10.2. The lowest BCUT2D eigenvalue weighted by atomic mass is 10.1. The van der Waals surface area contributed by atoms with Crippen molar-refractivity contribution in [1.82, 2.24) is 0 Å². The molecule has 0 aromatic heterocycles. The number of carbonyl (C=O) groups is 1. The smallest absolute Gasteiger partial charge is 0.328 e. The van der Waals surface area contributed by atoms with E-state index in [4.69, 9.17) is 22.0 Å². The molecule has 1 unspecified atom stereocenters. The normalized spacial score (nSPS) is 12.3. The third-order valence-electron chi connectivity index (χ3n) is 1.76. The molecule has 0 aliphatic rings. The van der Waals surface area contributed by atoms with Crippen molar-refractivity contribution in [2.45, 2.75) is 5.38 Å². The van der Waals surface area contributed by atoms with E-state index >= 15 is 0 Å². The lowest BCUT2D eigenvalue weighted by molar-refractivity contribution is -0.131. The molecule has 4 heteroatoms. The van der Waals surface area contributed by atoms with Gasteiger partial charge < -0.3 is 5.11 Å². The van der Waals surface area contributed by atoms with Gasteiger partial charge >= 0.3 is 5.97 Å². The van der Waals surface area contributed by atoms with Crippen LogP contribution in [0.15, 0.2) is 30.3 Å². The average molecular weight is 222 g/mol. The first kappa shape index (κ1) is 11.3. The topological polar surface area (TPSA) is 61.1 Å². The van der Waals surface area contributed by atoms with Crippen LogP contribution in [0.3, 0.4) is 0 Å². The van der Waals surface area contributed by atoms with Crippen LogP contribution in [-0.4, -0.2) is 11.1 Å². The number of carboxylic acid groups (broad SMARTS) is 1. The number of halogens is 1. The SMILES string of the molecule is N#CC(Cl)c1ccc(/C=C/C(=O)O)cc1. The molecule has 0 aliphatic heterocycles. The molecule has 0 saturated carbocycles. The van der Waals surface area contributed by atoms with Gasteiger partial charge in [0.25, 0.3) is 0 Å². The van der Waals surface area contributed by atoms with E-state index < -0.39 is 11.3 Å². The zero-order chi connectivity index (χ0) is 11.3. The molecule has 3 nitrogen and oxygen atoms in total. The second-order valence-electron chi connectivity index (χ2n) is 2.83. The number of nitriles is 1. The van der Waals surface area contributed by atoms with Gasteiger partial charge in [0, 0.05) is 6.08 Å². The molecule has 0 fully saturated rings. The number of aliphatic carboxylic acids is 1. The third kappa shape index (κ3) is 3.45. The van der Waals surface area contributed by atoms with E-state index in [0.717, 1.165) is 11.6 Å². The van der Waals surface area contributed by atoms with Crippen molar-refractivity contribution >= 4 is 23.6 Å². The number of carboxylic acids is 1. The van der Waals surface area contributed by atoms with Crippen LogP contribution < -0.4 is 0 Å². The summed E-state index contributed by atoms with van der Waals surface area (Å²) in [5.41, 5.74) is 1.45. The van der Waals surface area contributed by atoms with Crippen LogP contribution in [-0.2, 0) is 4.79 Å². The minimum absolute atomic E-state index is 0.664. The molecule has 0 heterocycles.